The van der Waals surface area contributed by atoms with Gasteiger partial charge in [-0.05, 0) is 32.1 Å². The Hall–Kier alpha value is -3.22. The standard InChI is InChI=1S/C17H17N5O2/c1-11-15(12(2)22(3)21-11)7-8-16(23)24-14-6-4-5-13(9-14)17-18-10-19-20-17/h4-10H,1-3H3,(H,18,19,20)/b8-7+. The highest BCUT2D eigenvalue weighted by molar-refractivity contribution is 5.89. The van der Waals surface area contributed by atoms with Crippen molar-refractivity contribution >= 4 is 12.0 Å². The minimum atomic E-state index is -0.452. The van der Waals surface area contributed by atoms with Crippen LogP contribution in [0.15, 0.2) is 36.7 Å². The van der Waals surface area contributed by atoms with E-state index in [-0.39, 0.29) is 0 Å². The van der Waals surface area contributed by atoms with Crippen LogP contribution in [0.1, 0.15) is 17.0 Å². The monoisotopic (exact) mass is 323 g/mol. The number of hydrogen-bond acceptors (Lipinski definition) is 5. The first-order valence-corrected chi connectivity index (χ1v) is 7.40. The van der Waals surface area contributed by atoms with Gasteiger partial charge in [0, 0.05) is 29.9 Å². The van der Waals surface area contributed by atoms with Crippen LogP contribution in [0.4, 0.5) is 0 Å². The fourth-order valence-corrected chi connectivity index (χ4v) is 2.38. The van der Waals surface area contributed by atoms with E-state index in [0.29, 0.717) is 11.6 Å². The summed E-state index contributed by atoms with van der Waals surface area (Å²) in [6.07, 6.45) is 4.55. The van der Waals surface area contributed by atoms with E-state index in [2.05, 4.69) is 20.3 Å². The Morgan fingerprint density at radius 2 is 2.17 bits per heavy atom. The average Bonchev–Trinajstić information content (AvgIpc) is 3.16. The fraction of sp³-hybridized carbons (Fsp3) is 0.176. The number of esters is 1. The van der Waals surface area contributed by atoms with Gasteiger partial charge >= 0.3 is 5.97 Å². The lowest BCUT2D eigenvalue weighted by atomic mass is 10.2. The minimum absolute atomic E-state index is 0.443. The molecular weight excluding hydrogens is 306 g/mol. The SMILES string of the molecule is Cc1nn(C)c(C)c1/C=C/C(=O)Oc1cccc(-c2ncn[nH]2)c1. The van der Waals surface area contributed by atoms with Crippen LogP contribution in [-0.4, -0.2) is 30.9 Å². The molecule has 0 saturated carbocycles. The lowest BCUT2D eigenvalue weighted by Crippen LogP contribution is -2.03. The predicted molar refractivity (Wildman–Crippen MR) is 89.2 cm³/mol. The quantitative estimate of drug-likeness (QED) is 0.453. The molecule has 1 N–H and O–H groups in total. The van der Waals surface area contributed by atoms with Gasteiger partial charge in [0.2, 0.25) is 0 Å². The van der Waals surface area contributed by atoms with Crippen molar-refractivity contribution in [3.63, 3.8) is 0 Å². The first-order valence-electron chi connectivity index (χ1n) is 7.40. The number of nitrogens with zero attached hydrogens (tertiary/aromatic N) is 4. The van der Waals surface area contributed by atoms with Gasteiger partial charge in [0.15, 0.2) is 5.82 Å². The Morgan fingerprint density at radius 3 is 2.83 bits per heavy atom. The zero-order valence-corrected chi connectivity index (χ0v) is 13.6. The number of aryl methyl sites for hydroxylation is 2. The molecule has 0 bridgehead atoms. The van der Waals surface area contributed by atoms with E-state index in [1.165, 1.54) is 12.4 Å². The third-order valence-electron chi connectivity index (χ3n) is 3.69. The van der Waals surface area contributed by atoms with Crippen molar-refractivity contribution in [2.45, 2.75) is 13.8 Å². The number of nitrogens with one attached hydrogen (secondary N) is 1. The van der Waals surface area contributed by atoms with E-state index in [0.717, 1.165) is 22.5 Å². The zero-order chi connectivity index (χ0) is 17.1. The van der Waals surface area contributed by atoms with Crippen LogP contribution >= 0.6 is 0 Å². The summed E-state index contributed by atoms with van der Waals surface area (Å²) < 4.78 is 7.13. The molecule has 0 amide bonds. The normalized spacial score (nSPS) is 11.1. The van der Waals surface area contributed by atoms with Gasteiger partial charge in [-0.1, -0.05) is 12.1 Å². The highest BCUT2D eigenvalue weighted by Crippen LogP contribution is 2.21. The van der Waals surface area contributed by atoms with Crippen LogP contribution < -0.4 is 4.74 Å². The molecular formula is C17H17N5O2. The Morgan fingerprint density at radius 1 is 1.33 bits per heavy atom. The molecule has 122 valence electrons. The number of carbonyl (C=O) groups is 1. The molecule has 0 aliphatic heterocycles. The van der Waals surface area contributed by atoms with Crippen molar-refractivity contribution in [2.24, 2.45) is 7.05 Å². The maximum Gasteiger partial charge on any atom is 0.336 e. The van der Waals surface area contributed by atoms with Crippen molar-refractivity contribution in [1.29, 1.82) is 0 Å². The number of ether oxygens (including phenoxy) is 1. The number of rotatable bonds is 4. The number of carbonyl (C=O) groups excluding carboxylic acids is 1. The molecule has 0 aliphatic rings. The second-order valence-corrected chi connectivity index (χ2v) is 5.32. The number of benzene rings is 1. The van der Waals surface area contributed by atoms with Gasteiger partial charge in [0.25, 0.3) is 0 Å². The largest absolute Gasteiger partial charge is 0.423 e. The second-order valence-electron chi connectivity index (χ2n) is 5.32. The summed E-state index contributed by atoms with van der Waals surface area (Å²) in [6.45, 7) is 3.85. The Balaban J connectivity index is 1.73. The maximum absolute atomic E-state index is 12.0. The molecule has 7 nitrogen and oxygen atoms in total. The van der Waals surface area contributed by atoms with Crippen LogP contribution in [0, 0.1) is 13.8 Å². The van der Waals surface area contributed by atoms with Gasteiger partial charge in [-0.3, -0.25) is 9.78 Å². The summed E-state index contributed by atoms with van der Waals surface area (Å²) in [6, 6.07) is 7.09. The zero-order valence-electron chi connectivity index (χ0n) is 13.6. The summed E-state index contributed by atoms with van der Waals surface area (Å²) in [4.78, 5) is 16.1. The molecule has 0 aliphatic carbocycles. The highest BCUT2D eigenvalue weighted by Gasteiger charge is 2.08. The first-order chi connectivity index (χ1) is 11.5. The van der Waals surface area contributed by atoms with Gasteiger partial charge in [-0.25, -0.2) is 9.78 Å². The van der Waals surface area contributed by atoms with E-state index < -0.39 is 5.97 Å². The molecule has 2 aromatic heterocycles. The van der Waals surface area contributed by atoms with Crippen molar-refractivity contribution in [1.82, 2.24) is 25.0 Å². The van der Waals surface area contributed by atoms with E-state index in [1.807, 2.05) is 27.0 Å². The predicted octanol–water partition coefficient (Wildman–Crippen LogP) is 2.44. The van der Waals surface area contributed by atoms with Crippen LogP contribution in [0.25, 0.3) is 17.5 Å². The van der Waals surface area contributed by atoms with E-state index >= 15 is 0 Å². The number of aromatic nitrogens is 5. The lowest BCUT2D eigenvalue weighted by Gasteiger charge is -2.03. The van der Waals surface area contributed by atoms with Crippen molar-refractivity contribution in [3.05, 3.63) is 53.6 Å². The Bertz CT molecular complexity index is 894. The molecule has 0 radical (unpaired) electrons. The van der Waals surface area contributed by atoms with Crippen LogP contribution in [0.5, 0.6) is 5.75 Å². The summed E-state index contributed by atoms with van der Waals surface area (Å²) in [5.41, 5.74) is 3.57. The Labute approximate surface area is 139 Å². The molecule has 1 aromatic carbocycles. The summed E-state index contributed by atoms with van der Waals surface area (Å²) in [5, 5.41) is 10.9. The molecule has 24 heavy (non-hydrogen) atoms. The topological polar surface area (TPSA) is 85.7 Å². The van der Waals surface area contributed by atoms with Crippen molar-refractivity contribution < 1.29 is 9.53 Å². The van der Waals surface area contributed by atoms with Gasteiger partial charge in [0.05, 0.1) is 5.69 Å². The van der Waals surface area contributed by atoms with Crippen LogP contribution in [0.2, 0.25) is 0 Å². The van der Waals surface area contributed by atoms with E-state index in [1.54, 1.807) is 29.0 Å². The molecule has 0 unspecified atom stereocenters. The third kappa shape index (κ3) is 3.24. The van der Waals surface area contributed by atoms with Gasteiger partial charge in [0.1, 0.15) is 12.1 Å². The molecule has 2 heterocycles. The van der Waals surface area contributed by atoms with Crippen LogP contribution in [0.3, 0.4) is 0 Å². The molecule has 0 saturated heterocycles. The van der Waals surface area contributed by atoms with Gasteiger partial charge in [-0.15, -0.1) is 0 Å². The average molecular weight is 323 g/mol. The third-order valence-corrected chi connectivity index (χ3v) is 3.69. The second kappa shape index (κ2) is 6.49. The molecule has 3 aromatic rings. The smallest absolute Gasteiger partial charge is 0.336 e. The van der Waals surface area contributed by atoms with Crippen LogP contribution in [-0.2, 0) is 11.8 Å². The maximum atomic E-state index is 12.0. The molecule has 0 fully saturated rings. The summed E-state index contributed by atoms with van der Waals surface area (Å²) >= 11 is 0. The molecule has 7 heteroatoms. The first kappa shape index (κ1) is 15.7. The van der Waals surface area contributed by atoms with Gasteiger partial charge in [-0.2, -0.15) is 10.2 Å². The molecule has 0 atom stereocenters. The van der Waals surface area contributed by atoms with Gasteiger partial charge < -0.3 is 4.74 Å². The fourth-order valence-electron chi connectivity index (χ4n) is 2.38. The van der Waals surface area contributed by atoms with E-state index in [9.17, 15) is 4.79 Å². The Kier molecular flexibility index (Phi) is 4.24. The molecule has 0 spiro atoms. The van der Waals surface area contributed by atoms with E-state index in [4.69, 9.17) is 4.74 Å². The summed E-state index contributed by atoms with van der Waals surface area (Å²) in [5.74, 6) is 0.607. The number of H-pyrrole nitrogens is 1. The number of hydrogen-bond donors (Lipinski definition) is 1. The van der Waals surface area contributed by atoms with Crippen molar-refractivity contribution in [3.8, 4) is 17.1 Å². The highest BCUT2D eigenvalue weighted by atomic mass is 16.5. The minimum Gasteiger partial charge on any atom is -0.423 e. The molecule has 3 rings (SSSR count). The van der Waals surface area contributed by atoms with Crippen molar-refractivity contribution in [2.75, 3.05) is 0 Å². The lowest BCUT2D eigenvalue weighted by molar-refractivity contribution is -0.128. The summed E-state index contributed by atoms with van der Waals surface area (Å²) in [7, 11) is 1.87. The number of aromatic amines is 1.